The van der Waals surface area contributed by atoms with Gasteiger partial charge in [0.1, 0.15) is 54.6 Å². The van der Waals surface area contributed by atoms with E-state index < -0.39 is 182 Å². The van der Waals surface area contributed by atoms with E-state index in [1.807, 2.05) is 5.32 Å². The fourth-order valence-corrected chi connectivity index (χ4v) is 9.61. The van der Waals surface area contributed by atoms with Gasteiger partial charge in [-0.05, 0) is 37.1 Å². The van der Waals surface area contributed by atoms with Crippen molar-refractivity contribution < 1.29 is 137 Å². The fraction of sp³-hybridized carbons (Fsp3) is 0.612. The number of nitrogens with two attached hydrogens (primary N) is 1. The Morgan fingerprint density at radius 1 is 0.841 bits per heavy atom. The minimum Gasteiger partial charge on any atom is -0.691 e. The van der Waals surface area contributed by atoms with E-state index in [-0.39, 0.29) is 58.9 Å². The SMILES string of the molecule is CCCCCCCCOc1ccc(C(=O)NC2CC(O)C(O)NC(=O)C3C(O)C(C)CN3C(=O)C(C(O)CC(N)=O)NC(=O)C(C(O)C(O)c3ccc(O)c(OSOO[O-])c3)NC(=O)C3CC(O)CN3C(=O)C(C(C)O)NC2=O)cn1.[Na+]. The number of carbonyl (C=O) groups is 8. The standard InChI is InChI=1S/C49H71N9O22S.Na/c1-4-5-6-7-8-9-14-77-34-13-11-25(19-51-34)42(68)52-27-17-31(63)45(71)56-47(73)38-39(65)22(2)20-58(38)49(75)36(30(62)18-33(50)64)54-46(72)37(41(67)40(66)24-10-12-29(61)32(15-24)78-81-80-79-76)55-44(70)28-16-26(60)21-57(28)48(74)35(23(3)59)53-43(27)69;/h10-13,15,19,22-23,26-28,30-31,35-41,45,59-63,65-67,71,76H,4-9,14,16-18,20-21H2,1-3H3,(H2,50,64)(H,52,68)(H,53,69)(H,54,72)(H,55,70)(H,56,73);/q;+1/p-1. The molecule has 0 spiro atoms. The number of primary amides is 1. The molecule has 1 aromatic heterocycles. The van der Waals surface area contributed by atoms with Gasteiger partial charge in [0.25, 0.3) is 18.2 Å². The number of fused-ring (bicyclic) bond motifs is 2. The molecule has 31 nitrogen and oxygen atoms in total. The van der Waals surface area contributed by atoms with Crippen LogP contribution in [-0.2, 0) is 42.9 Å². The van der Waals surface area contributed by atoms with Crippen molar-refractivity contribution in [3.05, 3.63) is 47.7 Å². The second kappa shape index (κ2) is 32.5. The van der Waals surface area contributed by atoms with Crippen molar-refractivity contribution in [1.82, 2.24) is 41.4 Å². The summed E-state index contributed by atoms with van der Waals surface area (Å²) in [7, 11) is 0. The number of nitrogens with one attached hydrogen (secondary N) is 5. The Morgan fingerprint density at radius 2 is 1.50 bits per heavy atom. The van der Waals surface area contributed by atoms with Crippen LogP contribution >= 0.6 is 12.3 Å². The normalized spacial score (nSPS) is 27.4. The maximum atomic E-state index is 14.6. The Kier molecular flexibility index (Phi) is 27.3. The van der Waals surface area contributed by atoms with Crippen LogP contribution in [0.15, 0.2) is 36.5 Å². The van der Waals surface area contributed by atoms with Crippen LogP contribution in [0.3, 0.4) is 0 Å². The summed E-state index contributed by atoms with van der Waals surface area (Å²) < 4.78 is 14.7. The largest absolute Gasteiger partial charge is 1.00 e. The summed E-state index contributed by atoms with van der Waals surface area (Å²) in [6.45, 7) is 3.66. The number of benzene rings is 1. The third kappa shape index (κ3) is 18.5. The molecule has 16 N–H and O–H groups in total. The van der Waals surface area contributed by atoms with Gasteiger partial charge in [-0.3, -0.25) is 43.4 Å². The van der Waals surface area contributed by atoms with Crippen LogP contribution in [0.4, 0.5) is 0 Å². The van der Waals surface area contributed by atoms with Crippen molar-refractivity contribution in [3.63, 3.8) is 0 Å². The molecule has 15 unspecified atom stereocenters. The fourth-order valence-electron chi connectivity index (χ4n) is 9.35. The topological polar surface area (TPSA) is 484 Å². The monoisotopic (exact) mass is 1190 g/mol. The van der Waals surface area contributed by atoms with Gasteiger partial charge in [-0.1, -0.05) is 52.0 Å². The third-order valence-electron chi connectivity index (χ3n) is 13.8. The molecule has 3 aliphatic rings. The van der Waals surface area contributed by atoms with E-state index >= 15 is 0 Å². The van der Waals surface area contributed by atoms with Crippen molar-refractivity contribution in [3.8, 4) is 17.4 Å². The molecule has 3 aliphatic heterocycles. The van der Waals surface area contributed by atoms with Crippen LogP contribution in [-0.4, -0.2) is 207 Å². The first-order valence-electron chi connectivity index (χ1n) is 26.0. The molecule has 450 valence electrons. The molecule has 0 bridgehead atoms. The van der Waals surface area contributed by atoms with E-state index in [4.69, 9.17) is 14.7 Å². The van der Waals surface area contributed by atoms with Crippen LogP contribution in [0.25, 0.3) is 0 Å². The van der Waals surface area contributed by atoms with Gasteiger partial charge in [0.15, 0.2) is 17.7 Å². The second-order valence-corrected chi connectivity index (χ2v) is 20.4. The molecule has 82 heavy (non-hydrogen) atoms. The Morgan fingerprint density at radius 3 is 2.15 bits per heavy atom. The molecule has 0 aliphatic carbocycles. The molecular weight excluding hydrogens is 1120 g/mol. The van der Waals surface area contributed by atoms with Gasteiger partial charge < -0.3 is 102 Å². The van der Waals surface area contributed by atoms with E-state index in [9.17, 15) is 89.6 Å². The predicted octanol–water partition coefficient (Wildman–Crippen LogP) is -8.67. The molecule has 4 heterocycles. The summed E-state index contributed by atoms with van der Waals surface area (Å²) in [4.78, 5) is 118. The molecule has 2 aromatic rings. The second-order valence-electron chi connectivity index (χ2n) is 20.0. The number of hydrogen-bond donors (Lipinski definition) is 15. The molecule has 0 saturated carbocycles. The predicted molar refractivity (Wildman–Crippen MR) is 273 cm³/mol. The van der Waals surface area contributed by atoms with E-state index in [0.717, 1.165) is 69.8 Å². The number of ether oxygens (including phenoxy) is 1. The van der Waals surface area contributed by atoms with Crippen LogP contribution in [0, 0.1) is 5.92 Å². The minimum absolute atomic E-state index is 0. The van der Waals surface area contributed by atoms with Gasteiger partial charge >= 0.3 is 29.6 Å². The van der Waals surface area contributed by atoms with E-state index in [2.05, 4.69) is 42.5 Å². The van der Waals surface area contributed by atoms with Gasteiger partial charge in [-0.25, -0.2) is 4.98 Å². The average Bonchev–Trinajstić information content (AvgIpc) is 4.10. The number of carbonyl (C=O) groups excluding carboxylic acids is 8. The van der Waals surface area contributed by atoms with Crippen molar-refractivity contribution in [2.75, 3.05) is 19.7 Å². The molecule has 1 aromatic carbocycles. The van der Waals surface area contributed by atoms with Gasteiger partial charge in [0.2, 0.25) is 47.2 Å². The summed E-state index contributed by atoms with van der Waals surface area (Å²) in [5, 5.41) is 125. The van der Waals surface area contributed by atoms with Crippen LogP contribution < -0.4 is 76.1 Å². The van der Waals surface area contributed by atoms with Crippen molar-refractivity contribution in [2.24, 2.45) is 11.7 Å². The zero-order valence-corrected chi connectivity index (χ0v) is 48.1. The number of nitrogens with zero attached hydrogens (tertiary/aromatic N) is 3. The van der Waals surface area contributed by atoms with Crippen molar-refractivity contribution >= 4 is 59.6 Å². The van der Waals surface area contributed by atoms with Crippen LogP contribution in [0.2, 0.25) is 0 Å². The summed E-state index contributed by atoms with van der Waals surface area (Å²) in [6.07, 6.45) is -12.5. The van der Waals surface area contributed by atoms with Gasteiger partial charge in [0.05, 0.1) is 43.0 Å². The smallest absolute Gasteiger partial charge is 0.691 e. The average molecular weight is 1190 g/mol. The zero-order chi connectivity index (χ0) is 59.8. The first kappa shape index (κ1) is 68.9. The number of phenols is 1. The van der Waals surface area contributed by atoms with E-state index in [1.54, 1.807) is 0 Å². The molecule has 0 radical (unpaired) electrons. The molecule has 5 rings (SSSR count). The van der Waals surface area contributed by atoms with E-state index in [1.165, 1.54) is 19.1 Å². The maximum Gasteiger partial charge on any atom is 1.00 e. The molecule has 33 heteroatoms. The summed E-state index contributed by atoms with van der Waals surface area (Å²) in [6, 6.07) is -7.28. The first-order valence-corrected chi connectivity index (χ1v) is 26.6. The summed E-state index contributed by atoms with van der Waals surface area (Å²) in [5.74, 6) is -12.6. The number of aromatic hydroxyl groups is 1. The van der Waals surface area contributed by atoms with Gasteiger partial charge in [0, 0.05) is 44.1 Å². The number of rotatable bonds is 21. The Labute approximate surface area is 496 Å². The first-order chi connectivity index (χ1) is 38.4. The minimum atomic E-state index is -2.56. The van der Waals surface area contributed by atoms with Crippen molar-refractivity contribution in [1.29, 1.82) is 0 Å². The number of aromatic nitrogens is 1. The summed E-state index contributed by atoms with van der Waals surface area (Å²) in [5.41, 5.74) is 4.81. The quantitative estimate of drug-likeness (QED) is 0.0181. The number of aliphatic hydroxyl groups is 8. The number of phenolic OH excluding ortho intramolecular Hbond substituents is 1. The Hall–Kier alpha value is -5.56. The van der Waals surface area contributed by atoms with Crippen LogP contribution in [0.5, 0.6) is 17.4 Å². The zero-order valence-electron chi connectivity index (χ0n) is 45.3. The Balaban J connectivity index is 0.0000144. The molecule has 15 atom stereocenters. The molecule has 8 amide bonds. The van der Waals surface area contributed by atoms with Crippen LogP contribution in [0.1, 0.15) is 101 Å². The molecular formula is C49H70N9NaO22S. The van der Waals surface area contributed by atoms with Crippen molar-refractivity contribution in [2.45, 2.75) is 164 Å². The molecule has 3 fully saturated rings. The summed E-state index contributed by atoms with van der Waals surface area (Å²) >= 11 is -0.0966. The number of hydrogen-bond acceptors (Lipinski definition) is 24. The van der Waals surface area contributed by atoms with E-state index in [0.29, 0.717) is 16.4 Å². The molecule has 3 saturated heterocycles. The number of pyridine rings is 1. The number of aliphatic hydroxyl groups excluding tert-OH is 8. The van der Waals surface area contributed by atoms with Gasteiger partial charge in [-0.15, -0.1) is 4.33 Å². The Bertz CT molecular complexity index is 2510. The number of amides is 8. The number of unbranched alkanes of at least 4 members (excludes halogenated alkanes) is 5. The maximum absolute atomic E-state index is 14.6. The third-order valence-corrected chi connectivity index (χ3v) is 14.2. The van der Waals surface area contributed by atoms with Gasteiger partial charge in [-0.2, -0.15) is 0 Å².